The Labute approximate surface area is 182 Å². The van der Waals surface area contributed by atoms with Gasteiger partial charge in [-0.05, 0) is 106 Å². The molecule has 0 N–H and O–H groups in total. The van der Waals surface area contributed by atoms with Crippen molar-refractivity contribution in [1.82, 2.24) is 0 Å². The first kappa shape index (κ1) is 21.7. The van der Waals surface area contributed by atoms with Gasteiger partial charge in [0.1, 0.15) is 0 Å². The number of halogens is 1. The molecule has 152 valence electrons. The van der Waals surface area contributed by atoms with Crippen LogP contribution in [0.4, 0.5) is 0 Å². The van der Waals surface area contributed by atoms with Gasteiger partial charge in [-0.25, -0.2) is 0 Å². The zero-order valence-electron chi connectivity index (χ0n) is 18.1. The monoisotopic (exact) mass is 480 g/mol. The Morgan fingerprint density at radius 3 is 1.78 bits per heavy atom. The van der Waals surface area contributed by atoms with Gasteiger partial charge < -0.3 is 0 Å². The van der Waals surface area contributed by atoms with Crippen LogP contribution in [0.1, 0.15) is 113 Å². The van der Waals surface area contributed by atoms with Gasteiger partial charge >= 0.3 is 0 Å². The van der Waals surface area contributed by atoms with Gasteiger partial charge in [0.15, 0.2) is 0 Å². The number of aryl methyl sites for hydroxylation is 4. The summed E-state index contributed by atoms with van der Waals surface area (Å²) in [6, 6.07) is 5.00. The average Bonchev–Trinajstić information content (AvgIpc) is 3.56. The van der Waals surface area contributed by atoms with Crippen LogP contribution in [0.3, 0.4) is 0 Å². The molecule has 0 aromatic heterocycles. The number of rotatable bonds is 13. The molecule has 0 spiro atoms. The second kappa shape index (κ2) is 9.63. The van der Waals surface area contributed by atoms with Crippen molar-refractivity contribution in [1.29, 1.82) is 0 Å². The predicted octanol–water partition coefficient (Wildman–Crippen LogP) is 8.67. The average molecular weight is 481 g/mol. The summed E-state index contributed by atoms with van der Waals surface area (Å²) in [5.41, 5.74) is 7.06. The maximum Gasteiger partial charge on any atom is 0.0223 e. The van der Waals surface area contributed by atoms with Gasteiger partial charge in [0.2, 0.25) is 0 Å². The molecule has 0 atom stereocenters. The van der Waals surface area contributed by atoms with Crippen LogP contribution in [0, 0.1) is 19.3 Å². The summed E-state index contributed by atoms with van der Waals surface area (Å²) in [6.45, 7) is 7.02. The van der Waals surface area contributed by atoms with Crippen LogP contribution in [-0.4, -0.2) is 3.42 Å². The van der Waals surface area contributed by atoms with Gasteiger partial charge in [0, 0.05) is 3.42 Å². The minimum atomic E-state index is 0.709. The molecule has 1 aromatic rings. The van der Waals surface area contributed by atoms with E-state index in [1.807, 2.05) is 0 Å². The lowest BCUT2D eigenvalue weighted by molar-refractivity contribution is 0.422. The van der Waals surface area contributed by atoms with Crippen molar-refractivity contribution in [2.45, 2.75) is 121 Å². The van der Waals surface area contributed by atoms with E-state index in [1.165, 1.54) is 107 Å². The smallest absolute Gasteiger partial charge is 0.0223 e. The molecule has 2 fully saturated rings. The molecule has 27 heavy (non-hydrogen) atoms. The summed E-state index contributed by atoms with van der Waals surface area (Å²) in [6.07, 6.45) is 21.3. The van der Waals surface area contributed by atoms with E-state index in [1.54, 1.807) is 11.1 Å². The molecule has 2 aliphatic rings. The first-order valence-corrected chi connectivity index (χ1v) is 12.8. The molecule has 0 aliphatic heterocycles. The standard InChI is InChI=1S/C26H41I/c1-4-25(15-16-25)13-9-5-7-11-23-20-24(22(3)19-21(23)2)12-8-6-10-14-26(27)17-18-26/h19-20H,4-18H2,1-3H3. The number of alkyl halides is 1. The van der Waals surface area contributed by atoms with Gasteiger partial charge in [-0.15, -0.1) is 0 Å². The fourth-order valence-electron chi connectivity index (χ4n) is 4.76. The Morgan fingerprint density at radius 1 is 0.741 bits per heavy atom. The second-order valence-corrected chi connectivity index (χ2v) is 12.1. The third kappa shape index (κ3) is 6.75. The number of benzene rings is 1. The lowest BCUT2D eigenvalue weighted by Crippen LogP contribution is -2.00. The number of hydrogen-bond acceptors (Lipinski definition) is 0. The minimum Gasteiger partial charge on any atom is -0.0789 e. The van der Waals surface area contributed by atoms with Crippen molar-refractivity contribution >= 4 is 22.6 Å². The van der Waals surface area contributed by atoms with E-state index < -0.39 is 0 Å². The van der Waals surface area contributed by atoms with E-state index in [9.17, 15) is 0 Å². The molecule has 1 heteroatoms. The Hall–Kier alpha value is -0.0500. The molecular weight excluding hydrogens is 439 g/mol. The molecule has 1 aromatic carbocycles. The van der Waals surface area contributed by atoms with Crippen LogP contribution in [0.25, 0.3) is 0 Å². The topological polar surface area (TPSA) is 0 Å². The van der Waals surface area contributed by atoms with Crippen molar-refractivity contribution in [2.24, 2.45) is 5.41 Å². The van der Waals surface area contributed by atoms with Gasteiger partial charge in [-0.2, -0.15) is 0 Å². The highest BCUT2D eigenvalue weighted by atomic mass is 127. The maximum atomic E-state index is 2.69. The van der Waals surface area contributed by atoms with E-state index >= 15 is 0 Å². The van der Waals surface area contributed by atoms with Gasteiger partial charge in [-0.3, -0.25) is 0 Å². The Bertz CT molecular complexity index is 607. The summed E-state index contributed by atoms with van der Waals surface area (Å²) in [5.74, 6) is 0. The van der Waals surface area contributed by atoms with Crippen molar-refractivity contribution in [3.05, 3.63) is 34.4 Å². The fourth-order valence-corrected chi connectivity index (χ4v) is 5.41. The molecule has 3 rings (SSSR count). The molecule has 0 unspecified atom stereocenters. The van der Waals surface area contributed by atoms with E-state index in [-0.39, 0.29) is 0 Å². The number of hydrogen-bond donors (Lipinski definition) is 0. The van der Waals surface area contributed by atoms with Crippen LogP contribution < -0.4 is 0 Å². The second-order valence-electron chi connectivity index (χ2n) is 9.83. The lowest BCUT2D eigenvalue weighted by Gasteiger charge is -2.14. The van der Waals surface area contributed by atoms with E-state index in [0.29, 0.717) is 3.42 Å². The van der Waals surface area contributed by atoms with Gasteiger partial charge in [-0.1, -0.05) is 73.8 Å². The molecule has 0 amide bonds. The molecule has 0 nitrogen and oxygen atoms in total. The third-order valence-electron chi connectivity index (χ3n) is 7.52. The molecule has 0 heterocycles. The Kier molecular flexibility index (Phi) is 7.73. The van der Waals surface area contributed by atoms with Gasteiger partial charge in [0.25, 0.3) is 0 Å². The van der Waals surface area contributed by atoms with Crippen LogP contribution >= 0.6 is 22.6 Å². The lowest BCUT2D eigenvalue weighted by atomic mass is 9.92. The van der Waals surface area contributed by atoms with Crippen LogP contribution in [-0.2, 0) is 12.8 Å². The normalized spacial score (nSPS) is 19.3. The maximum absolute atomic E-state index is 2.69. The van der Waals surface area contributed by atoms with Crippen molar-refractivity contribution in [3.63, 3.8) is 0 Å². The van der Waals surface area contributed by atoms with Crippen LogP contribution in [0.15, 0.2) is 12.1 Å². The predicted molar refractivity (Wildman–Crippen MR) is 128 cm³/mol. The highest BCUT2D eigenvalue weighted by Gasteiger charge is 2.39. The summed E-state index contributed by atoms with van der Waals surface area (Å²) in [7, 11) is 0. The van der Waals surface area contributed by atoms with E-state index in [4.69, 9.17) is 0 Å². The Morgan fingerprint density at radius 2 is 1.30 bits per heavy atom. The molecule has 0 bridgehead atoms. The third-order valence-corrected chi connectivity index (χ3v) is 9.14. The Balaban J connectivity index is 1.38. The van der Waals surface area contributed by atoms with Crippen LogP contribution in [0.5, 0.6) is 0 Å². The zero-order chi connectivity index (χ0) is 19.3. The SMILES string of the molecule is CCC1(CCCCCc2cc(CCCCCC3(I)CC3)c(C)cc2C)CC1. The van der Waals surface area contributed by atoms with Gasteiger partial charge in [0.05, 0.1) is 0 Å². The number of unbranched alkanes of at least 4 members (excludes halogenated alkanes) is 4. The van der Waals surface area contributed by atoms with Crippen molar-refractivity contribution < 1.29 is 0 Å². The summed E-state index contributed by atoms with van der Waals surface area (Å²) < 4.78 is 0.709. The summed E-state index contributed by atoms with van der Waals surface area (Å²) >= 11 is 2.69. The molecule has 0 radical (unpaired) electrons. The highest BCUT2D eigenvalue weighted by molar-refractivity contribution is 14.1. The zero-order valence-corrected chi connectivity index (χ0v) is 20.3. The van der Waals surface area contributed by atoms with Crippen LogP contribution in [0.2, 0.25) is 0 Å². The molecule has 2 aliphatic carbocycles. The van der Waals surface area contributed by atoms with E-state index in [0.717, 1.165) is 5.41 Å². The molecule has 0 saturated heterocycles. The first-order chi connectivity index (χ1) is 13.0. The summed E-state index contributed by atoms with van der Waals surface area (Å²) in [5, 5.41) is 0. The quantitative estimate of drug-likeness (QED) is 0.151. The first-order valence-electron chi connectivity index (χ1n) is 11.7. The van der Waals surface area contributed by atoms with Crippen molar-refractivity contribution in [3.8, 4) is 0 Å². The summed E-state index contributed by atoms with van der Waals surface area (Å²) in [4.78, 5) is 0. The minimum absolute atomic E-state index is 0.709. The fraction of sp³-hybridized carbons (Fsp3) is 0.769. The molecular formula is C26H41I. The van der Waals surface area contributed by atoms with Crippen molar-refractivity contribution in [2.75, 3.05) is 0 Å². The molecule has 2 saturated carbocycles. The van der Waals surface area contributed by atoms with E-state index in [2.05, 4.69) is 55.5 Å². The largest absolute Gasteiger partial charge is 0.0789 e. The highest BCUT2D eigenvalue weighted by Crippen LogP contribution is 2.52.